The van der Waals surface area contributed by atoms with Crippen molar-refractivity contribution in [1.29, 1.82) is 0 Å². The van der Waals surface area contributed by atoms with Gasteiger partial charge in [0.2, 0.25) is 0 Å². The van der Waals surface area contributed by atoms with Crippen molar-refractivity contribution in [1.82, 2.24) is 15.2 Å². The highest BCUT2D eigenvalue weighted by Gasteiger charge is 2.14. The van der Waals surface area contributed by atoms with E-state index in [9.17, 15) is 4.79 Å². The zero-order valence-electron chi connectivity index (χ0n) is 16.9. The van der Waals surface area contributed by atoms with Crippen molar-refractivity contribution < 1.29 is 9.53 Å². The van der Waals surface area contributed by atoms with E-state index < -0.39 is 5.91 Å². The van der Waals surface area contributed by atoms with Crippen LogP contribution in [0.15, 0.2) is 23.2 Å². The van der Waals surface area contributed by atoms with Gasteiger partial charge in [-0.2, -0.15) is 4.99 Å². The summed E-state index contributed by atoms with van der Waals surface area (Å²) in [5, 5.41) is 3.59. The highest BCUT2D eigenvalue weighted by atomic mass is 35.5. The molecule has 0 saturated carbocycles. The SMILES string of the molecule is CCN(CC)CCCOc1ccc(C)c2cc(C(=O)N=C(N)NC)[nH]c12.Cl.Cl. The molecule has 158 valence electrons. The van der Waals surface area contributed by atoms with Gasteiger partial charge in [-0.1, -0.05) is 19.9 Å². The molecule has 0 atom stereocenters. The molecule has 0 unspecified atom stereocenters. The molecule has 9 heteroatoms. The molecule has 0 fully saturated rings. The minimum atomic E-state index is -0.417. The number of nitrogens with one attached hydrogen (secondary N) is 2. The van der Waals surface area contributed by atoms with Crippen molar-refractivity contribution in [2.24, 2.45) is 10.7 Å². The van der Waals surface area contributed by atoms with Gasteiger partial charge in [0.25, 0.3) is 5.91 Å². The predicted octanol–water partition coefficient (Wildman–Crippen LogP) is 3.10. The van der Waals surface area contributed by atoms with Gasteiger partial charge in [-0.3, -0.25) is 4.79 Å². The molecule has 0 radical (unpaired) electrons. The molecule has 0 spiro atoms. The molecule has 2 aromatic rings. The summed E-state index contributed by atoms with van der Waals surface area (Å²) in [6.07, 6.45) is 0.951. The molecular weight excluding hydrogens is 401 g/mol. The van der Waals surface area contributed by atoms with Gasteiger partial charge in [-0.25, -0.2) is 0 Å². The number of halogens is 2. The monoisotopic (exact) mass is 431 g/mol. The van der Waals surface area contributed by atoms with Crippen LogP contribution in [0.25, 0.3) is 10.9 Å². The van der Waals surface area contributed by atoms with Crippen molar-refractivity contribution in [3.8, 4) is 5.75 Å². The smallest absolute Gasteiger partial charge is 0.296 e. The van der Waals surface area contributed by atoms with Crippen LogP contribution in [0.2, 0.25) is 0 Å². The second-order valence-corrected chi connectivity index (χ2v) is 6.13. The van der Waals surface area contributed by atoms with E-state index in [0.29, 0.717) is 12.3 Å². The number of nitrogens with two attached hydrogens (primary N) is 1. The van der Waals surface area contributed by atoms with Gasteiger partial charge in [-0.05, 0) is 44.1 Å². The van der Waals surface area contributed by atoms with Crippen LogP contribution in [-0.4, -0.2) is 55.0 Å². The number of nitrogens with zero attached hydrogens (tertiary/aromatic N) is 2. The first-order valence-electron chi connectivity index (χ1n) is 9.03. The highest BCUT2D eigenvalue weighted by Crippen LogP contribution is 2.29. The van der Waals surface area contributed by atoms with E-state index in [1.807, 2.05) is 19.1 Å². The zero-order chi connectivity index (χ0) is 19.1. The normalized spacial score (nSPS) is 11.1. The molecule has 2 rings (SSSR count). The first-order chi connectivity index (χ1) is 12.5. The lowest BCUT2D eigenvalue weighted by Gasteiger charge is -2.17. The second-order valence-electron chi connectivity index (χ2n) is 6.13. The van der Waals surface area contributed by atoms with E-state index >= 15 is 0 Å². The van der Waals surface area contributed by atoms with Crippen molar-refractivity contribution in [3.63, 3.8) is 0 Å². The lowest BCUT2D eigenvalue weighted by Crippen LogP contribution is -2.28. The maximum atomic E-state index is 12.2. The molecule has 0 bridgehead atoms. The van der Waals surface area contributed by atoms with E-state index in [0.717, 1.165) is 48.3 Å². The maximum Gasteiger partial charge on any atom is 0.296 e. The summed E-state index contributed by atoms with van der Waals surface area (Å²) in [6.45, 7) is 10.0. The lowest BCUT2D eigenvalue weighted by molar-refractivity contribution is 0.0998. The molecule has 28 heavy (non-hydrogen) atoms. The maximum absolute atomic E-state index is 12.2. The van der Waals surface area contributed by atoms with Gasteiger partial charge >= 0.3 is 0 Å². The number of aromatic amines is 1. The van der Waals surface area contributed by atoms with Crippen LogP contribution in [0.3, 0.4) is 0 Å². The van der Waals surface area contributed by atoms with Crippen molar-refractivity contribution in [2.45, 2.75) is 27.2 Å². The van der Waals surface area contributed by atoms with Gasteiger partial charge < -0.3 is 25.7 Å². The molecule has 1 amide bonds. The topological polar surface area (TPSA) is 95.7 Å². The number of guanidine groups is 1. The lowest BCUT2D eigenvalue weighted by atomic mass is 10.1. The molecule has 4 N–H and O–H groups in total. The van der Waals surface area contributed by atoms with Gasteiger partial charge in [0.05, 0.1) is 12.1 Å². The van der Waals surface area contributed by atoms with Gasteiger partial charge in [0.15, 0.2) is 5.96 Å². The van der Waals surface area contributed by atoms with E-state index in [-0.39, 0.29) is 30.8 Å². The summed E-state index contributed by atoms with van der Waals surface area (Å²) < 4.78 is 5.97. The Labute approximate surface area is 178 Å². The van der Waals surface area contributed by atoms with Crippen LogP contribution < -0.4 is 15.8 Å². The number of carbonyl (C=O) groups excluding carboxylic acids is 1. The standard InChI is InChI=1S/C19H29N5O2.2ClH/c1-5-24(6-2)10-7-11-26-16-9-8-13(3)14-12-15(22-17(14)16)18(25)23-19(20)21-4;;/h8-9,12,22H,5-7,10-11H2,1-4H3,(H3,20,21,23,25);2*1H. The first-order valence-corrected chi connectivity index (χ1v) is 9.03. The number of carbonyl (C=O) groups is 1. The van der Waals surface area contributed by atoms with E-state index in [4.69, 9.17) is 10.5 Å². The molecule has 1 heterocycles. The van der Waals surface area contributed by atoms with E-state index in [1.165, 1.54) is 0 Å². The third-order valence-electron chi connectivity index (χ3n) is 4.45. The number of aryl methyl sites for hydroxylation is 1. The quantitative estimate of drug-likeness (QED) is 0.339. The van der Waals surface area contributed by atoms with E-state index in [2.05, 4.69) is 34.0 Å². The summed E-state index contributed by atoms with van der Waals surface area (Å²) in [5.41, 5.74) is 7.84. The largest absolute Gasteiger partial charge is 0.491 e. The zero-order valence-corrected chi connectivity index (χ0v) is 18.5. The minimum Gasteiger partial charge on any atom is -0.491 e. The molecule has 7 nitrogen and oxygen atoms in total. The Morgan fingerprint density at radius 3 is 2.57 bits per heavy atom. The molecule has 0 saturated heterocycles. The Morgan fingerprint density at radius 2 is 1.96 bits per heavy atom. The van der Waals surface area contributed by atoms with Crippen LogP contribution in [0.5, 0.6) is 5.75 Å². The highest BCUT2D eigenvalue weighted by molar-refractivity contribution is 6.05. The van der Waals surface area contributed by atoms with Crippen LogP contribution in [0.4, 0.5) is 0 Å². The Bertz CT molecular complexity index is 788. The molecule has 1 aromatic carbocycles. The van der Waals surface area contributed by atoms with Crippen LogP contribution in [0.1, 0.15) is 36.3 Å². The molecule has 0 aliphatic carbocycles. The van der Waals surface area contributed by atoms with Crippen molar-refractivity contribution >= 4 is 47.6 Å². The van der Waals surface area contributed by atoms with Crippen LogP contribution >= 0.6 is 24.8 Å². The molecule has 0 aliphatic heterocycles. The number of hydrogen-bond acceptors (Lipinski definition) is 3. The average molecular weight is 432 g/mol. The Balaban J connectivity index is 0.00000364. The number of hydrogen-bond donors (Lipinski definition) is 3. The molecule has 1 aromatic heterocycles. The Morgan fingerprint density at radius 1 is 1.29 bits per heavy atom. The molecule has 0 aliphatic rings. The minimum absolute atomic E-state index is 0. The number of benzene rings is 1. The number of amides is 1. The number of ether oxygens (including phenoxy) is 1. The number of H-pyrrole nitrogens is 1. The number of aromatic nitrogens is 1. The van der Waals surface area contributed by atoms with Gasteiger partial charge in [-0.15, -0.1) is 24.8 Å². The van der Waals surface area contributed by atoms with Crippen molar-refractivity contribution in [3.05, 3.63) is 29.5 Å². The average Bonchev–Trinajstić information content (AvgIpc) is 3.10. The second kappa shape index (κ2) is 12.5. The third kappa shape index (κ3) is 6.58. The van der Waals surface area contributed by atoms with Crippen molar-refractivity contribution in [2.75, 3.05) is 33.3 Å². The number of rotatable bonds is 8. The summed E-state index contributed by atoms with van der Waals surface area (Å²) >= 11 is 0. The fraction of sp³-hybridized carbons (Fsp3) is 0.474. The first kappa shape index (κ1) is 26.0. The van der Waals surface area contributed by atoms with Gasteiger partial charge in [0.1, 0.15) is 11.4 Å². The Hall–Kier alpha value is -1.96. The number of aliphatic imine (C=N–C) groups is 1. The summed E-state index contributed by atoms with van der Waals surface area (Å²) in [7, 11) is 1.62. The van der Waals surface area contributed by atoms with Crippen LogP contribution in [-0.2, 0) is 0 Å². The molecular formula is C19H31Cl2N5O2. The van der Waals surface area contributed by atoms with Gasteiger partial charge in [0, 0.05) is 19.0 Å². The third-order valence-corrected chi connectivity index (χ3v) is 4.45. The summed E-state index contributed by atoms with van der Waals surface area (Å²) in [4.78, 5) is 21.5. The van der Waals surface area contributed by atoms with E-state index in [1.54, 1.807) is 13.1 Å². The fourth-order valence-electron chi connectivity index (χ4n) is 2.80. The predicted molar refractivity (Wildman–Crippen MR) is 120 cm³/mol. The van der Waals surface area contributed by atoms with Crippen LogP contribution in [0, 0.1) is 6.92 Å². The number of fused-ring (bicyclic) bond motifs is 1. The summed E-state index contributed by atoms with van der Waals surface area (Å²) in [5.74, 6) is 0.410. The fourth-order valence-corrected chi connectivity index (χ4v) is 2.80. The Kier molecular flexibility index (Phi) is 11.6. The summed E-state index contributed by atoms with van der Waals surface area (Å²) in [6, 6.07) is 5.72.